The maximum Gasteiger partial charge on any atom is 0.326 e. The highest BCUT2D eigenvalue weighted by Gasteiger charge is 2.39. The molecule has 0 unspecified atom stereocenters. The van der Waals surface area contributed by atoms with Crippen LogP contribution in [-0.2, 0) is 9.53 Å². The van der Waals surface area contributed by atoms with Crippen molar-refractivity contribution in [1.29, 1.82) is 0 Å². The van der Waals surface area contributed by atoms with Gasteiger partial charge in [-0.3, -0.25) is 4.79 Å². The van der Waals surface area contributed by atoms with Crippen molar-refractivity contribution in [1.82, 2.24) is 5.32 Å². The van der Waals surface area contributed by atoms with Gasteiger partial charge in [0.1, 0.15) is 5.54 Å². The molecule has 0 bridgehead atoms. The van der Waals surface area contributed by atoms with Crippen LogP contribution in [-0.4, -0.2) is 25.2 Å². The van der Waals surface area contributed by atoms with E-state index < -0.39 is 0 Å². The summed E-state index contributed by atoms with van der Waals surface area (Å²) in [5.41, 5.74) is -0.366. The van der Waals surface area contributed by atoms with Gasteiger partial charge in [0.05, 0.1) is 7.11 Å². The monoisotopic (exact) mass is 157 g/mol. The van der Waals surface area contributed by atoms with Gasteiger partial charge in [0.25, 0.3) is 0 Å². The van der Waals surface area contributed by atoms with Crippen LogP contribution in [0.5, 0.6) is 0 Å². The van der Waals surface area contributed by atoms with Crippen LogP contribution in [0.1, 0.15) is 26.2 Å². The van der Waals surface area contributed by atoms with Gasteiger partial charge in [-0.05, 0) is 25.8 Å². The van der Waals surface area contributed by atoms with Gasteiger partial charge in [0, 0.05) is 0 Å². The van der Waals surface area contributed by atoms with Gasteiger partial charge in [-0.2, -0.15) is 0 Å². The lowest BCUT2D eigenvalue weighted by Gasteiger charge is -2.24. The normalized spacial score (nSPS) is 30.4. The van der Waals surface area contributed by atoms with Crippen molar-refractivity contribution in [3.8, 4) is 0 Å². The third-order valence-electron chi connectivity index (χ3n) is 2.42. The molecular formula is C8H15NO2. The summed E-state index contributed by atoms with van der Waals surface area (Å²) in [5, 5.41) is 3.20. The number of carbonyl (C=O) groups is 1. The Labute approximate surface area is 67.1 Å². The molecule has 64 valence electrons. The van der Waals surface area contributed by atoms with E-state index in [0.717, 1.165) is 25.8 Å². The number of ether oxygens (including phenoxy) is 1. The zero-order valence-electron chi connectivity index (χ0n) is 7.14. The molecule has 0 aromatic heterocycles. The lowest BCUT2D eigenvalue weighted by Crippen LogP contribution is -2.47. The largest absolute Gasteiger partial charge is 0.468 e. The molecule has 0 aliphatic carbocycles. The van der Waals surface area contributed by atoms with Crippen LogP contribution in [0.4, 0.5) is 0 Å². The van der Waals surface area contributed by atoms with Gasteiger partial charge < -0.3 is 10.1 Å². The molecule has 11 heavy (non-hydrogen) atoms. The first-order valence-electron chi connectivity index (χ1n) is 4.08. The lowest BCUT2D eigenvalue weighted by atomic mass is 9.95. The molecule has 3 nitrogen and oxygen atoms in total. The molecule has 1 fully saturated rings. The summed E-state index contributed by atoms with van der Waals surface area (Å²) in [4.78, 5) is 11.3. The van der Waals surface area contributed by atoms with Crippen LogP contribution in [0.3, 0.4) is 0 Å². The van der Waals surface area contributed by atoms with Crippen molar-refractivity contribution < 1.29 is 9.53 Å². The highest BCUT2D eigenvalue weighted by molar-refractivity contribution is 5.81. The van der Waals surface area contributed by atoms with E-state index in [0.29, 0.717) is 0 Å². The molecule has 1 N–H and O–H groups in total. The fraction of sp³-hybridized carbons (Fsp3) is 0.875. The SMILES string of the molecule is CC[C@@]1(C(=O)OC)CCCN1. The number of methoxy groups -OCH3 is 1. The summed E-state index contributed by atoms with van der Waals surface area (Å²) in [5.74, 6) is -0.113. The Bertz CT molecular complexity index is 150. The number of nitrogens with one attached hydrogen (secondary N) is 1. The molecular weight excluding hydrogens is 142 g/mol. The van der Waals surface area contributed by atoms with E-state index >= 15 is 0 Å². The highest BCUT2D eigenvalue weighted by Crippen LogP contribution is 2.23. The quantitative estimate of drug-likeness (QED) is 0.599. The number of carbonyl (C=O) groups excluding carboxylic acids is 1. The molecule has 0 spiro atoms. The number of hydrogen-bond acceptors (Lipinski definition) is 3. The molecule has 1 heterocycles. The molecule has 0 saturated carbocycles. The molecule has 1 atom stereocenters. The Kier molecular flexibility index (Phi) is 2.49. The third kappa shape index (κ3) is 1.38. The van der Waals surface area contributed by atoms with Gasteiger partial charge in [-0.15, -0.1) is 0 Å². The minimum atomic E-state index is -0.366. The van der Waals surface area contributed by atoms with Crippen LogP contribution in [0.2, 0.25) is 0 Å². The number of rotatable bonds is 2. The average molecular weight is 157 g/mol. The van der Waals surface area contributed by atoms with Crippen molar-refractivity contribution >= 4 is 5.97 Å². The van der Waals surface area contributed by atoms with Crippen LogP contribution >= 0.6 is 0 Å². The fourth-order valence-electron chi connectivity index (χ4n) is 1.62. The van der Waals surface area contributed by atoms with Gasteiger partial charge >= 0.3 is 5.97 Å². The maximum absolute atomic E-state index is 11.3. The van der Waals surface area contributed by atoms with E-state index in [-0.39, 0.29) is 11.5 Å². The summed E-state index contributed by atoms with van der Waals surface area (Å²) in [6, 6.07) is 0. The van der Waals surface area contributed by atoms with Crippen LogP contribution in [0.15, 0.2) is 0 Å². The van der Waals surface area contributed by atoms with E-state index in [2.05, 4.69) is 5.32 Å². The zero-order valence-corrected chi connectivity index (χ0v) is 7.14. The smallest absolute Gasteiger partial charge is 0.326 e. The second-order valence-electron chi connectivity index (χ2n) is 2.96. The van der Waals surface area contributed by atoms with E-state index in [1.165, 1.54) is 7.11 Å². The van der Waals surface area contributed by atoms with Crippen molar-refractivity contribution in [3.63, 3.8) is 0 Å². The topological polar surface area (TPSA) is 38.3 Å². The lowest BCUT2D eigenvalue weighted by molar-refractivity contribution is -0.148. The van der Waals surface area contributed by atoms with Crippen LogP contribution in [0, 0.1) is 0 Å². The first kappa shape index (κ1) is 8.53. The molecule has 1 saturated heterocycles. The second-order valence-corrected chi connectivity index (χ2v) is 2.96. The van der Waals surface area contributed by atoms with Crippen molar-refractivity contribution in [2.75, 3.05) is 13.7 Å². The molecule has 1 aliphatic rings. The molecule has 0 aromatic rings. The van der Waals surface area contributed by atoms with Gasteiger partial charge in [0.2, 0.25) is 0 Å². The van der Waals surface area contributed by atoms with Crippen molar-refractivity contribution in [3.05, 3.63) is 0 Å². The molecule has 0 aromatic carbocycles. The highest BCUT2D eigenvalue weighted by atomic mass is 16.5. The van der Waals surface area contributed by atoms with Gasteiger partial charge in [-0.25, -0.2) is 0 Å². The standard InChI is InChI=1S/C8H15NO2/c1-3-8(7(10)11-2)5-4-6-9-8/h9H,3-6H2,1-2H3/t8-/m0/s1. The first-order valence-corrected chi connectivity index (χ1v) is 4.08. The summed E-state index contributed by atoms with van der Waals surface area (Å²) in [6.45, 7) is 2.94. The van der Waals surface area contributed by atoms with Gasteiger partial charge in [-0.1, -0.05) is 6.92 Å². The van der Waals surface area contributed by atoms with E-state index in [4.69, 9.17) is 4.74 Å². The molecule has 0 radical (unpaired) electrons. The van der Waals surface area contributed by atoms with E-state index in [9.17, 15) is 4.79 Å². The summed E-state index contributed by atoms with van der Waals surface area (Å²) in [7, 11) is 1.44. The number of hydrogen-bond donors (Lipinski definition) is 1. The zero-order chi connectivity index (χ0) is 8.32. The Morgan fingerprint density at radius 3 is 2.82 bits per heavy atom. The van der Waals surface area contributed by atoms with Crippen molar-refractivity contribution in [2.24, 2.45) is 0 Å². The minimum absolute atomic E-state index is 0.113. The fourth-order valence-corrected chi connectivity index (χ4v) is 1.62. The Morgan fingerprint density at radius 1 is 1.73 bits per heavy atom. The van der Waals surface area contributed by atoms with Crippen LogP contribution in [0.25, 0.3) is 0 Å². The Balaban J connectivity index is 2.66. The summed E-state index contributed by atoms with van der Waals surface area (Å²) >= 11 is 0. The molecule has 3 heteroatoms. The van der Waals surface area contributed by atoms with E-state index in [1.54, 1.807) is 0 Å². The third-order valence-corrected chi connectivity index (χ3v) is 2.42. The maximum atomic E-state index is 11.3. The van der Waals surface area contributed by atoms with Gasteiger partial charge in [0.15, 0.2) is 0 Å². The molecule has 1 aliphatic heterocycles. The van der Waals surface area contributed by atoms with Crippen LogP contribution < -0.4 is 5.32 Å². The first-order chi connectivity index (χ1) is 5.25. The average Bonchev–Trinajstić information content (AvgIpc) is 2.52. The summed E-state index contributed by atoms with van der Waals surface area (Å²) in [6.07, 6.45) is 2.80. The minimum Gasteiger partial charge on any atom is -0.468 e. The predicted octanol–water partition coefficient (Wildman–Crippen LogP) is 0.692. The number of esters is 1. The predicted molar refractivity (Wildman–Crippen MR) is 42.3 cm³/mol. The van der Waals surface area contributed by atoms with Crippen molar-refractivity contribution in [2.45, 2.75) is 31.7 Å². The molecule has 1 rings (SSSR count). The second kappa shape index (κ2) is 3.22. The molecule has 0 amide bonds. The Hall–Kier alpha value is -0.570. The Morgan fingerprint density at radius 2 is 2.45 bits per heavy atom. The summed E-state index contributed by atoms with van der Waals surface area (Å²) < 4.78 is 4.73. The van der Waals surface area contributed by atoms with E-state index in [1.807, 2.05) is 6.92 Å².